The summed E-state index contributed by atoms with van der Waals surface area (Å²) < 4.78 is 2.16. The molecule has 1 aliphatic heterocycles. The van der Waals surface area contributed by atoms with Crippen LogP contribution in [-0.4, -0.2) is 34.5 Å². The van der Waals surface area contributed by atoms with E-state index in [1.54, 1.807) is 4.90 Å². The quantitative estimate of drug-likeness (QED) is 0.298. The van der Waals surface area contributed by atoms with Gasteiger partial charge in [0.05, 0.1) is 17.1 Å². The number of hydrogen-bond donors (Lipinski definition) is 1. The van der Waals surface area contributed by atoms with Crippen molar-refractivity contribution in [2.45, 2.75) is 39.7 Å². The highest BCUT2D eigenvalue weighted by molar-refractivity contribution is 6.01. The topological polar surface area (TPSA) is 57.6 Å². The molecule has 1 N–H and O–H groups in total. The number of urea groups is 1. The number of fused-ring (bicyclic) bond motifs is 3. The molecule has 0 fully saturated rings. The Kier molecular flexibility index (Phi) is 7.31. The minimum Gasteiger partial charge on any atom is -0.316 e. The Balaban J connectivity index is 1.50. The molecule has 1 unspecified atom stereocenters. The average Bonchev–Trinajstić information content (AvgIpc) is 3.41. The number of nitrogens with one attached hydrogen (secondary N) is 1. The summed E-state index contributed by atoms with van der Waals surface area (Å²) in [6.07, 6.45) is 3.78. The number of aryl methyl sites for hydroxylation is 2. The number of hydrogen-bond acceptors (Lipinski definition) is 2. The number of carbonyl (C=O) groups excluding carboxylic acids is 2. The Hall–Kier alpha value is -4.32. The minimum atomic E-state index is -0.305. The van der Waals surface area contributed by atoms with Crippen LogP contribution in [0.2, 0.25) is 0 Å². The van der Waals surface area contributed by atoms with Crippen molar-refractivity contribution in [3.8, 4) is 5.69 Å². The van der Waals surface area contributed by atoms with Crippen molar-refractivity contribution < 1.29 is 9.59 Å². The van der Waals surface area contributed by atoms with Crippen LogP contribution in [0.25, 0.3) is 5.69 Å². The third kappa shape index (κ3) is 5.07. The summed E-state index contributed by atoms with van der Waals surface area (Å²) in [5.41, 5.74) is 6.79. The lowest BCUT2D eigenvalue weighted by Gasteiger charge is -2.39. The van der Waals surface area contributed by atoms with Gasteiger partial charge in [0.2, 0.25) is 5.91 Å². The SMILES string of the molecule is CCCCN(CC(=O)N1c2ccccc2-n2cccc2C1c1ccc(C)cc1)C(=O)Nc1cccc(C)c1. The molecule has 5 rings (SSSR count). The van der Waals surface area contributed by atoms with E-state index in [1.165, 1.54) is 0 Å². The van der Waals surface area contributed by atoms with Crippen molar-refractivity contribution in [3.63, 3.8) is 0 Å². The first-order chi connectivity index (χ1) is 18.5. The van der Waals surface area contributed by atoms with E-state index in [0.29, 0.717) is 6.54 Å². The fourth-order valence-electron chi connectivity index (χ4n) is 5.09. The second kappa shape index (κ2) is 11.0. The number of benzene rings is 3. The average molecular weight is 507 g/mol. The van der Waals surface area contributed by atoms with Gasteiger partial charge in [-0.1, -0.05) is 67.4 Å². The highest BCUT2D eigenvalue weighted by atomic mass is 16.2. The number of amides is 3. The first kappa shape index (κ1) is 25.3. The van der Waals surface area contributed by atoms with Gasteiger partial charge in [-0.25, -0.2) is 4.79 Å². The number of para-hydroxylation sites is 2. The summed E-state index contributed by atoms with van der Waals surface area (Å²) in [4.78, 5) is 31.1. The van der Waals surface area contributed by atoms with E-state index in [2.05, 4.69) is 54.1 Å². The standard InChI is InChI=1S/C32H34N4O2/c1-4-5-19-34(32(38)33-26-11-8-10-24(3)21-26)22-30(37)36-28-13-7-6-12-27(28)35-20-9-14-29(35)31(36)25-17-15-23(2)16-18-25/h6-18,20-21,31H,4-5,19,22H2,1-3H3,(H,33,38). The van der Waals surface area contributed by atoms with E-state index in [9.17, 15) is 9.59 Å². The van der Waals surface area contributed by atoms with Crippen molar-refractivity contribution in [3.05, 3.63) is 114 Å². The maximum absolute atomic E-state index is 14.2. The van der Waals surface area contributed by atoms with Crippen LogP contribution in [0.15, 0.2) is 91.1 Å². The normalized spacial score (nSPS) is 14.0. The predicted molar refractivity (Wildman–Crippen MR) is 153 cm³/mol. The predicted octanol–water partition coefficient (Wildman–Crippen LogP) is 6.86. The number of rotatable bonds is 7. The molecule has 0 saturated heterocycles. The zero-order valence-electron chi connectivity index (χ0n) is 22.2. The third-order valence-corrected chi connectivity index (χ3v) is 7.05. The largest absolute Gasteiger partial charge is 0.322 e. The monoisotopic (exact) mass is 506 g/mol. The van der Waals surface area contributed by atoms with Gasteiger partial charge in [0.15, 0.2) is 0 Å². The van der Waals surface area contributed by atoms with Gasteiger partial charge < -0.3 is 14.8 Å². The van der Waals surface area contributed by atoms with Crippen LogP contribution in [0, 0.1) is 13.8 Å². The summed E-state index contributed by atoms with van der Waals surface area (Å²) in [6.45, 7) is 6.61. The van der Waals surface area contributed by atoms with Crippen molar-refractivity contribution in [2.75, 3.05) is 23.3 Å². The summed E-state index contributed by atoms with van der Waals surface area (Å²) in [6, 6.07) is 27.5. The van der Waals surface area contributed by atoms with Crippen LogP contribution in [-0.2, 0) is 4.79 Å². The second-order valence-electron chi connectivity index (χ2n) is 9.94. The molecule has 6 nitrogen and oxygen atoms in total. The fourth-order valence-corrected chi connectivity index (χ4v) is 5.09. The summed E-state index contributed by atoms with van der Waals surface area (Å²) in [5, 5.41) is 2.99. The van der Waals surface area contributed by atoms with Gasteiger partial charge in [0, 0.05) is 18.4 Å². The number of nitrogens with zero attached hydrogens (tertiary/aromatic N) is 3. The smallest absolute Gasteiger partial charge is 0.316 e. The fraction of sp³-hybridized carbons (Fsp3) is 0.250. The molecule has 0 saturated carbocycles. The van der Waals surface area contributed by atoms with Gasteiger partial charge in [-0.05, 0) is 67.8 Å². The van der Waals surface area contributed by atoms with Crippen LogP contribution in [0.4, 0.5) is 16.2 Å². The van der Waals surface area contributed by atoms with E-state index in [0.717, 1.165) is 52.3 Å². The molecule has 38 heavy (non-hydrogen) atoms. The van der Waals surface area contributed by atoms with Crippen LogP contribution < -0.4 is 10.2 Å². The molecule has 0 bridgehead atoms. The summed E-state index contributed by atoms with van der Waals surface area (Å²) in [7, 11) is 0. The molecule has 4 aromatic rings. The van der Waals surface area contributed by atoms with Gasteiger partial charge >= 0.3 is 6.03 Å². The van der Waals surface area contributed by atoms with Gasteiger partial charge in [-0.3, -0.25) is 9.69 Å². The Labute approximate surface area is 224 Å². The molecule has 194 valence electrons. The molecular weight excluding hydrogens is 472 g/mol. The van der Waals surface area contributed by atoms with Gasteiger partial charge in [-0.15, -0.1) is 0 Å². The van der Waals surface area contributed by atoms with Crippen LogP contribution in [0.1, 0.15) is 48.2 Å². The molecular formula is C32H34N4O2. The lowest BCUT2D eigenvalue weighted by molar-refractivity contribution is -0.119. The number of unbranched alkanes of at least 4 members (excludes halogenated alkanes) is 1. The maximum Gasteiger partial charge on any atom is 0.322 e. The molecule has 3 aromatic carbocycles. The Morgan fingerprint density at radius 2 is 1.63 bits per heavy atom. The van der Waals surface area contributed by atoms with E-state index >= 15 is 0 Å². The van der Waals surface area contributed by atoms with Crippen molar-refractivity contribution in [2.24, 2.45) is 0 Å². The second-order valence-corrected chi connectivity index (χ2v) is 9.94. The van der Waals surface area contributed by atoms with Crippen molar-refractivity contribution in [1.82, 2.24) is 9.47 Å². The van der Waals surface area contributed by atoms with Crippen molar-refractivity contribution >= 4 is 23.3 Å². The Morgan fingerprint density at radius 3 is 2.37 bits per heavy atom. The maximum atomic E-state index is 14.2. The zero-order chi connectivity index (χ0) is 26.6. The highest BCUT2D eigenvalue weighted by Gasteiger charge is 2.36. The first-order valence-electron chi connectivity index (χ1n) is 13.2. The minimum absolute atomic E-state index is 0.0188. The van der Waals surface area contributed by atoms with E-state index in [-0.39, 0.29) is 24.5 Å². The van der Waals surface area contributed by atoms with Crippen LogP contribution in [0.3, 0.4) is 0 Å². The molecule has 6 heteroatoms. The van der Waals surface area contributed by atoms with E-state index < -0.39 is 0 Å². The molecule has 1 aliphatic rings. The molecule has 0 aliphatic carbocycles. The third-order valence-electron chi connectivity index (χ3n) is 7.05. The Morgan fingerprint density at radius 1 is 0.868 bits per heavy atom. The number of anilines is 2. The van der Waals surface area contributed by atoms with Crippen molar-refractivity contribution in [1.29, 1.82) is 0 Å². The van der Waals surface area contributed by atoms with Crippen LogP contribution in [0.5, 0.6) is 0 Å². The van der Waals surface area contributed by atoms with E-state index in [1.807, 2.05) is 72.6 Å². The molecule has 1 atom stereocenters. The molecule has 1 aromatic heterocycles. The zero-order valence-corrected chi connectivity index (χ0v) is 22.2. The summed E-state index contributed by atoms with van der Waals surface area (Å²) in [5.74, 6) is -0.119. The highest BCUT2D eigenvalue weighted by Crippen LogP contribution is 2.42. The number of aromatic nitrogens is 1. The molecule has 2 heterocycles. The van der Waals surface area contributed by atoms with E-state index in [4.69, 9.17) is 0 Å². The van der Waals surface area contributed by atoms with Gasteiger partial charge in [0.1, 0.15) is 12.6 Å². The van der Waals surface area contributed by atoms with Gasteiger partial charge in [-0.2, -0.15) is 0 Å². The Bertz CT molecular complexity index is 1440. The molecule has 3 amide bonds. The van der Waals surface area contributed by atoms with Crippen LogP contribution >= 0.6 is 0 Å². The lowest BCUT2D eigenvalue weighted by Crippen LogP contribution is -2.48. The molecule has 0 radical (unpaired) electrons. The first-order valence-corrected chi connectivity index (χ1v) is 13.2. The van der Waals surface area contributed by atoms with Gasteiger partial charge in [0.25, 0.3) is 0 Å². The summed E-state index contributed by atoms with van der Waals surface area (Å²) >= 11 is 0. The number of carbonyl (C=O) groups is 2. The molecule has 0 spiro atoms. The lowest BCUT2D eigenvalue weighted by atomic mass is 9.97.